The second-order valence-corrected chi connectivity index (χ2v) is 7.96. The molecule has 0 spiro atoms. The Kier molecular flexibility index (Phi) is 7.04. The van der Waals surface area contributed by atoms with Crippen molar-refractivity contribution in [1.29, 1.82) is 0 Å². The molecule has 3 rings (SSSR count). The number of amides is 1. The molecule has 2 heterocycles. The minimum absolute atomic E-state index is 0.0164. The highest BCUT2D eigenvalue weighted by atomic mass is 32.2. The van der Waals surface area contributed by atoms with Crippen LogP contribution in [0, 0.1) is 0 Å². The number of methoxy groups -OCH3 is 2. The zero-order valence-corrected chi connectivity index (χ0v) is 18.0. The van der Waals surface area contributed by atoms with Gasteiger partial charge in [0.25, 0.3) is 5.91 Å². The predicted molar refractivity (Wildman–Crippen MR) is 111 cm³/mol. The number of hydrogen-bond acceptors (Lipinski definition) is 7. The number of aliphatic carboxylic acids is 1. The number of carboxylic acids is 1. The first-order chi connectivity index (χ1) is 14.4. The number of carbonyl (C=O) groups excluding carboxylic acids is 2. The van der Waals surface area contributed by atoms with Crippen molar-refractivity contribution in [2.75, 3.05) is 33.6 Å². The van der Waals surface area contributed by atoms with Gasteiger partial charge in [-0.3, -0.25) is 14.4 Å². The number of carbonyl (C=O) groups is 3. The summed E-state index contributed by atoms with van der Waals surface area (Å²) in [6.45, 7) is 0.963. The number of ether oxygens (including phenoxy) is 3. The van der Waals surface area contributed by atoms with Gasteiger partial charge < -0.3 is 24.2 Å². The van der Waals surface area contributed by atoms with E-state index in [-0.39, 0.29) is 22.8 Å². The van der Waals surface area contributed by atoms with Crippen molar-refractivity contribution in [2.45, 2.75) is 30.7 Å². The highest BCUT2D eigenvalue weighted by Crippen LogP contribution is 2.38. The van der Waals surface area contributed by atoms with Crippen LogP contribution in [0.4, 0.5) is 0 Å². The van der Waals surface area contributed by atoms with Crippen molar-refractivity contribution in [3.63, 3.8) is 0 Å². The molecule has 2 atom stereocenters. The zero-order chi connectivity index (χ0) is 21.8. The Hall–Kier alpha value is -2.52. The topological polar surface area (TPSA) is 102 Å². The molecular formula is C21H25NO7S. The summed E-state index contributed by atoms with van der Waals surface area (Å²) in [5.41, 5.74) is 0.459. The molecule has 0 aliphatic carbocycles. The molecule has 0 radical (unpaired) electrons. The number of thioether (sulfide) groups is 1. The Bertz CT molecular complexity index is 876. The molecule has 0 unspecified atom stereocenters. The van der Waals surface area contributed by atoms with Crippen LogP contribution < -0.4 is 9.47 Å². The molecule has 2 aliphatic heterocycles. The Balaban J connectivity index is 2.02. The minimum atomic E-state index is -1.16. The lowest BCUT2D eigenvalue weighted by molar-refractivity contribution is -0.137. The molecule has 9 heteroatoms. The first-order valence-corrected chi connectivity index (χ1v) is 10.9. The second kappa shape index (κ2) is 9.53. The Labute approximate surface area is 179 Å². The molecule has 1 aromatic rings. The van der Waals surface area contributed by atoms with Gasteiger partial charge in [-0.1, -0.05) is 0 Å². The van der Waals surface area contributed by atoms with E-state index in [0.29, 0.717) is 24.7 Å². The Morgan fingerprint density at radius 2 is 2.07 bits per heavy atom. The maximum absolute atomic E-state index is 13.5. The normalized spacial score (nSPS) is 21.3. The van der Waals surface area contributed by atoms with Gasteiger partial charge in [-0.2, -0.15) is 0 Å². The third-order valence-corrected chi connectivity index (χ3v) is 6.18. The van der Waals surface area contributed by atoms with Crippen LogP contribution in [0.3, 0.4) is 0 Å². The van der Waals surface area contributed by atoms with Crippen LogP contribution in [0.15, 0.2) is 29.3 Å². The molecule has 8 nitrogen and oxygen atoms in total. The maximum atomic E-state index is 13.5. The van der Waals surface area contributed by atoms with Crippen LogP contribution in [0.25, 0.3) is 0 Å². The minimum Gasteiger partial charge on any atom is -0.497 e. The SMILES string of the molecule is COc1ccc(C(=O)C2=C(CC(=O)O)C(=O)N(C[C@H]3CCCO3)[C@H]2SC)c(OC)c1. The average Bonchev–Trinajstić information content (AvgIpc) is 3.34. The summed E-state index contributed by atoms with van der Waals surface area (Å²) in [4.78, 5) is 39.7. The van der Waals surface area contributed by atoms with Crippen LogP contribution in [0.5, 0.6) is 11.5 Å². The van der Waals surface area contributed by atoms with Gasteiger partial charge in [0, 0.05) is 30.4 Å². The number of carboxylic acid groups (broad SMARTS) is 1. The van der Waals surface area contributed by atoms with Gasteiger partial charge in [0.1, 0.15) is 16.9 Å². The van der Waals surface area contributed by atoms with Gasteiger partial charge in [0.2, 0.25) is 0 Å². The summed E-state index contributed by atoms with van der Waals surface area (Å²) in [7, 11) is 2.94. The summed E-state index contributed by atoms with van der Waals surface area (Å²) >= 11 is 1.32. The van der Waals surface area contributed by atoms with Crippen LogP contribution in [-0.2, 0) is 14.3 Å². The maximum Gasteiger partial charge on any atom is 0.308 e. The van der Waals surface area contributed by atoms with Crippen LogP contribution in [0.2, 0.25) is 0 Å². The molecule has 0 saturated carbocycles. The number of ketones is 1. The summed E-state index contributed by atoms with van der Waals surface area (Å²) in [5.74, 6) is -1.20. The molecule has 1 N–H and O–H groups in total. The largest absolute Gasteiger partial charge is 0.497 e. The second-order valence-electron chi connectivity index (χ2n) is 7.04. The molecule has 162 valence electrons. The Morgan fingerprint density at radius 3 is 2.63 bits per heavy atom. The highest BCUT2D eigenvalue weighted by molar-refractivity contribution is 7.99. The van der Waals surface area contributed by atoms with Crippen LogP contribution >= 0.6 is 11.8 Å². The molecule has 1 fully saturated rings. The van der Waals surface area contributed by atoms with Crippen LogP contribution in [0.1, 0.15) is 29.6 Å². The van der Waals surface area contributed by atoms with Crippen molar-refractivity contribution < 1.29 is 33.7 Å². The molecule has 2 aliphatic rings. The first-order valence-electron chi connectivity index (χ1n) is 9.58. The van der Waals surface area contributed by atoms with E-state index in [4.69, 9.17) is 14.2 Å². The van der Waals surface area contributed by atoms with E-state index >= 15 is 0 Å². The van der Waals surface area contributed by atoms with Gasteiger partial charge in [-0.25, -0.2) is 0 Å². The number of rotatable bonds is 9. The van der Waals surface area contributed by atoms with Gasteiger partial charge in [-0.15, -0.1) is 11.8 Å². The van der Waals surface area contributed by atoms with E-state index in [1.54, 1.807) is 29.4 Å². The molecule has 1 saturated heterocycles. The first kappa shape index (κ1) is 22.2. The lowest BCUT2D eigenvalue weighted by atomic mass is 9.97. The average molecular weight is 435 g/mol. The highest BCUT2D eigenvalue weighted by Gasteiger charge is 2.44. The number of nitrogens with zero attached hydrogens (tertiary/aromatic N) is 1. The van der Waals surface area contributed by atoms with E-state index in [2.05, 4.69) is 0 Å². The number of Topliss-reactive ketones (excluding diaryl/α,β-unsaturated/α-hetero) is 1. The predicted octanol–water partition coefficient (Wildman–Crippen LogP) is 2.37. The van der Waals surface area contributed by atoms with E-state index in [1.165, 1.54) is 26.0 Å². The van der Waals surface area contributed by atoms with Gasteiger partial charge in [0.15, 0.2) is 5.78 Å². The van der Waals surface area contributed by atoms with Crippen molar-refractivity contribution in [3.8, 4) is 11.5 Å². The van der Waals surface area contributed by atoms with Crippen molar-refractivity contribution in [3.05, 3.63) is 34.9 Å². The van der Waals surface area contributed by atoms with Gasteiger partial charge >= 0.3 is 5.97 Å². The third-order valence-electron chi connectivity index (χ3n) is 5.25. The summed E-state index contributed by atoms with van der Waals surface area (Å²) in [6, 6.07) is 4.78. The standard InChI is InChI=1S/C21H25NO7S/c1-27-12-6-7-14(16(9-12)28-2)19(25)18-15(10-17(23)24)20(26)22(21(18)30-3)11-13-5-4-8-29-13/h6-7,9,13,21H,4-5,8,10-11H2,1-3H3,(H,23,24)/t13-,21+/m1/s1. The fourth-order valence-electron chi connectivity index (χ4n) is 3.83. The van der Waals surface area contributed by atoms with Crippen molar-refractivity contribution in [1.82, 2.24) is 4.90 Å². The number of hydrogen-bond donors (Lipinski definition) is 1. The van der Waals surface area contributed by atoms with E-state index in [1.807, 2.05) is 0 Å². The molecule has 1 amide bonds. The summed E-state index contributed by atoms with van der Waals surface area (Å²) in [5, 5.41) is 8.78. The zero-order valence-electron chi connectivity index (χ0n) is 17.2. The fourth-order valence-corrected chi connectivity index (χ4v) is 4.76. The Morgan fingerprint density at radius 1 is 1.30 bits per heavy atom. The third kappa shape index (κ3) is 4.32. The molecular weight excluding hydrogens is 410 g/mol. The molecule has 30 heavy (non-hydrogen) atoms. The van der Waals surface area contributed by atoms with Crippen molar-refractivity contribution >= 4 is 29.4 Å². The van der Waals surface area contributed by atoms with Gasteiger partial charge in [0.05, 0.1) is 32.3 Å². The summed E-state index contributed by atoms with van der Waals surface area (Å²) in [6.07, 6.45) is 2.91. The van der Waals surface area contributed by atoms with Crippen LogP contribution in [-0.4, -0.2) is 72.8 Å². The lowest BCUT2D eigenvalue weighted by Gasteiger charge is -2.27. The van der Waals surface area contributed by atoms with E-state index in [0.717, 1.165) is 12.8 Å². The van der Waals surface area contributed by atoms with Crippen molar-refractivity contribution in [2.24, 2.45) is 0 Å². The fraction of sp³-hybridized carbons (Fsp3) is 0.476. The lowest BCUT2D eigenvalue weighted by Crippen LogP contribution is -2.40. The quantitative estimate of drug-likeness (QED) is 0.590. The molecule has 0 aromatic heterocycles. The van der Waals surface area contributed by atoms with E-state index in [9.17, 15) is 19.5 Å². The molecule has 0 bridgehead atoms. The van der Waals surface area contributed by atoms with Gasteiger partial charge in [-0.05, 0) is 31.2 Å². The molecule has 1 aromatic carbocycles. The smallest absolute Gasteiger partial charge is 0.308 e. The summed E-state index contributed by atoms with van der Waals surface area (Å²) < 4.78 is 16.2. The van der Waals surface area contributed by atoms with E-state index < -0.39 is 29.5 Å². The number of benzene rings is 1. The monoisotopic (exact) mass is 435 g/mol.